The van der Waals surface area contributed by atoms with Gasteiger partial charge in [-0.1, -0.05) is 158 Å². The van der Waals surface area contributed by atoms with Crippen LogP contribution in [0, 0.1) is 34.6 Å². The van der Waals surface area contributed by atoms with E-state index in [0.717, 1.165) is 0 Å². The van der Waals surface area contributed by atoms with E-state index < -0.39 is 0 Å². The molecule has 0 spiro atoms. The number of fused-ring (bicyclic) bond motifs is 7. The summed E-state index contributed by atoms with van der Waals surface area (Å²) in [6, 6.07) is 60.8. The first-order valence-corrected chi connectivity index (χ1v) is 19.4. The fourth-order valence-electron chi connectivity index (χ4n) is 9.37. The van der Waals surface area contributed by atoms with Gasteiger partial charge in [-0.15, -0.1) is 0 Å². The maximum absolute atomic E-state index is 2.37. The number of hydrogen-bond donors (Lipinski definition) is 0. The summed E-state index contributed by atoms with van der Waals surface area (Å²) in [7, 11) is 0. The zero-order valence-electron chi connectivity index (χ0n) is 32.1. The van der Waals surface area contributed by atoms with Crippen LogP contribution >= 0.6 is 0 Å². The molecule has 0 unspecified atom stereocenters. The van der Waals surface area contributed by atoms with Crippen LogP contribution in [0.2, 0.25) is 0 Å². The quantitative estimate of drug-likeness (QED) is 0.126. The Morgan fingerprint density at radius 1 is 0.255 bits per heavy atom. The molecule has 0 aliphatic rings. The Labute approximate surface area is 323 Å². The van der Waals surface area contributed by atoms with Crippen LogP contribution in [0.4, 0.5) is 0 Å². The number of hydrogen-bond acceptors (Lipinski definition) is 0. The SMILES string of the molecule is Cc1c(C)c(C)c(-c2c3ccccc3c(-c3ccc(-c4ccc(-c5cc6ccc7ccccc7c6c6ccccc56)cc4)cc3)c3ccccc23)c(C)c1C. The van der Waals surface area contributed by atoms with E-state index in [2.05, 4.69) is 198 Å². The number of benzene rings is 10. The van der Waals surface area contributed by atoms with Gasteiger partial charge >= 0.3 is 0 Å². The van der Waals surface area contributed by atoms with Crippen molar-refractivity contribution >= 4 is 53.9 Å². The molecular formula is C55H42. The molecule has 0 atom stereocenters. The lowest BCUT2D eigenvalue weighted by atomic mass is 9.80. The summed E-state index contributed by atoms with van der Waals surface area (Å²) in [4.78, 5) is 0. The van der Waals surface area contributed by atoms with E-state index >= 15 is 0 Å². The maximum Gasteiger partial charge on any atom is -0.00208 e. The molecule has 0 amide bonds. The van der Waals surface area contributed by atoms with Crippen LogP contribution in [-0.4, -0.2) is 0 Å². The fraction of sp³-hybridized carbons (Fsp3) is 0.0909. The topological polar surface area (TPSA) is 0 Å². The first-order chi connectivity index (χ1) is 26.9. The van der Waals surface area contributed by atoms with E-state index in [-0.39, 0.29) is 0 Å². The highest BCUT2D eigenvalue weighted by atomic mass is 14.2. The van der Waals surface area contributed by atoms with Crippen LogP contribution in [0.15, 0.2) is 164 Å². The first kappa shape index (κ1) is 33.1. The normalized spacial score (nSPS) is 11.7. The average Bonchev–Trinajstić information content (AvgIpc) is 3.24. The minimum atomic E-state index is 1.22. The summed E-state index contributed by atoms with van der Waals surface area (Å²) in [5.74, 6) is 0. The molecule has 0 aliphatic carbocycles. The molecule has 0 nitrogen and oxygen atoms in total. The molecule has 10 aromatic rings. The van der Waals surface area contributed by atoms with Gasteiger partial charge in [0.2, 0.25) is 0 Å². The van der Waals surface area contributed by atoms with Crippen molar-refractivity contribution in [2.75, 3.05) is 0 Å². The number of rotatable bonds is 4. The second-order valence-corrected chi connectivity index (χ2v) is 15.4. The molecular weight excluding hydrogens is 661 g/mol. The van der Waals surface area contributed by atoms with Crippen LogP contribution in [0.1, 0.15) is 27.8 Å². The van der Waals surface area contributed by atoms with Crippen LogP contribution in [-0.2, 0) is 0 Å². The molecule has 0 heteroatoms. The molecule has 0 aromatic heterocycles. The minimum Gasteiger partial charge on any atom is -0.0616 e. The van der Waals surface area contributed by atoms with Gasteiger partial charge in [-0.05, 0) is 167 Å². The maximum atomic E-state index is 2.37. The molecule has 0 bridgehead atoms. The van der Waals surface area contributed by atoms with Gasteiger partial charge in [0.05, 0.1) is 0 Å². The largest absolute Gasteiger partial charge is 0.0616 e. The van der Waals surface area contributed by atoms with Crippen molar-refractivity contribution in [3.05, 3.63) is 192 Å². The highest BCUT2D eigenvalue weighted by Gasteiger charge is 2.21. The zero-order chi connectivity index (χ0) is 37.4. The predicted molar refractivity (Wildman–Crippen MR) is 239 cm³/mol. The van der Waals surface area contributed by atoms with E-state index in [9.17, 15) is 0 Å². The van der Waals surface area contributed by atoms with Gasteiger partial charge in [0, 0.05) is 0 Å². The molecule has 0 saturated carbocycles. The van der Waals surface area contributed by atoms with Crippen LogP contribution in [0.3, 0.4) is 0 Å². The third kappa shape index (κ3) is 5.13. The molecule has 262 valence electrons. The summed E-state index contributed by atoms with van der Waals surface area (Å²) in [6.45, 7) is 11.4. The molecule has 55 heavy (non-hydrogen) atoms. The first-order valence-electron chi connectivity index (χ1n) is 19.4. The summed E-state index contributed by atoms with van der Waals surface area (Å²) >= 11 is 0. The van der Waals surface area contributed by atoms with Gasteiger partial charge in [0.15, 0.2) is 0 Å². The summed E-state index contributed by atoms with van der Waals surface area (Å²) in [5, 5.41) is 13.0. The van der Waals surface area contributed by atoms with Crippen molar-refractivity contribution in [3.8, 4) is 44.5 Å². The van der Waals surface area contributed by atoms with Crippen LogP contribution in [0.25, 0.3) is 98.4 Å². The van der Waals surface area contributed by atoms with E-state index in [1.165, 1.54) is 126 Å². The fourth-order valence-corrected chi connectivity index (χ4v) is 9.37. The molecule has 0 fully saturated rings. The van der Waals surface area contributed by atoms with Gasteiger partial charge < -0.3 is 0 Å². The smallest absolute Gasteiger partial charge is 0.00208 e. The molecule has 10 rings (SSSR count). The van der Waals surface area contributed by atoms with Crippen molar-refractivity contribution in [1.29, 1.82) is 0 Å². The standard InChI is InChI=1S/C55H42/c1-33-34(2)36(4)52(37(5)35(33)3)55-49-20-12-10-18-47(49)53(48-19-11-13-21-50(48)55)42-29-24-39(25-30-42)38-22-26-41(27-23-38)51-32-43-31-28-40-14-6-7-15-44(40)54(43)46-17-9-8-16-45(46)51/h6-32H,1-5H3. The van der Waals surface area contributed by atoms with Crippen molar-refractivity contribution < 1.29 is 0 Å². The molecule has 0 radical (unpaired) electrons. The van der Waals surface area contributed by atoms with Gasteiger partial charge in [-0.3, -0.25) is 0 Å². The molecule has 0 heterocycles. The molecule has 0 saturated heterocycles. The van der Waals surface area contributed by atoms with Gasteiger partial charge in [0.1, 0.15) is 0 Å². The van der Waals surface area contributed by atoms with E-state index in [1.807, 2.05) is 0 Å². The Balaban J connectivity index is 1.07. The Morgan fingerprint density at radius 2 is 0.655 bits per heavy atom. The lowest BCUT2D eigenvalue weighted by molar-refractivity contribution is 1.18. The Kier molecular flexibility index (Phi) is 7.72. The Morgan fingerprint density at radius 3 is 1.22 bits per heavy atom. The van der Waals surface area contributed by atoms with Crippen molar-refractivity contribution in [2.24, 2.45) is 0 Å². The van der Waals surface area contributed by atoms with Crippen molar-refractivity contribution in [2.45, 2.75) is 34.6 Å². The third-order valence-electron chi connectivity index (χ3n) is 12.6. The average molecular weight is 703 g/mol. The molecule has 0 aliphatic heterocycles. The van der Waals surface area contributed by atoms with Crippen molar-refractivity contribution in [1.82, 2.24) is 0 Å². The highest BCUT2D eigenvalue weighted by molar-refractivity contribution is 6.24. The van der Waals surface area contributed by atoms with Gasteiger partial charge in [0.25, 0.3) is 0 Å². The minimum absolute atomic E-state index is 1.22. The van der Waals surface area contributed by atoms with E-state index in [0.29, 0.717) is 0 Å². The molecule has 0 N–H and O–H groups in total. The van der Waals surface area contributed by atoms with Crippen molar-refractivity contribution in [3.63, 3.8) is 0 Å². The summed E-state index contributed by atoms with van der Waals surface area (Å²) in [5.41, 5.74) is 17.1. The summed E-state index contributed by atoms with van der Waals surface area (Å²) in [6.07, 6.45) is 0. The van der Waals surface area contributed by atoms with E-state index in [4.69, 9.17) is 0 Å². The molecule has 10 aromatic carbocycles. The lowest BCUT2D eigenvalue weighted by Crippen LogP contribution is -2.01. The monoisotopic (exact) mass is 702 g/mol. The second-order valence-electron chi connectivity index (χ2n) is 15.4. The third-order valence-corrected chi connectivity index (χ3v) is 12.6. The lowest BCUT2D eigenvalue weighted by Gasteiger charge is -2.23. The van der Waals surface area contributed by atoms with E-state index in [1.54, 1.807) is 0 Å². The second kappa shape index (κ2) is 12.8. The summed E-state index contributed by atoms with van der Waals surface area (Å²) < 4.78 is 0. The van der Waals surface area contributed by atoms with Crippen LogP contribution < -0.4 is 0 Å². The van der Waals surface area contributed by atoms with Gasteiger partial charge in [-0.2, -0.15) is 0 Å². The zero-order valence-corrected chi connectivity index (χ0v) is 32.1. The Bertz CT molecular complexity index is 3070. The predicted octanol–water partition coefficient (Wildman–Crippen LogP) is 15.7. The van der Waals surface area contributed by atoms with Gasteiger partial charge in [-0.25, -0.2) is 0 Å². The highest BCUT2D eigenvalue weighted by Crippen LogP contribution is 2.47. The van der Waals surface area contributed by atoms with Crippen LogP contribution in [0.5, 0.6) is 0 Å². The Hall–Kier alpha value is -6.50.